The van der Waals surface area contributed by atoms with Gasteiger partial charge in [-0.2, -0.15) is 0 Å². The number of ether oxygens (including phenoxy) is 1. The summed E-state index contributed by atoms with van der Waals surface area (Å²) in [5.41, 5.74) is 2.48. The van der Waals surface area contributed by atoms with Crippen LogP contribution in [0.25, 0.3) is 0 Å². The lowest BCUT2D eigenvalue weighted by Gasteiger charge is -2.08. The van der Waals surface area contributed by atoms with Crippen molar-refractivity contribution < 1.29 is 4.74 Å². The summed E-state index contributed by atoms with van der Waals surface area (Å²) in [6, 6.07) is 16.7. The third-order valence-corrected chi connectivity index (χ3v) is 3.58. The zero-order valence-corrected chi connectivity index (χ0v) is 12.2. The molecule has 0 radical (unpaired) electrons. The Morgan fingerprint density at radius 3 is 2.47 bits per heavy atom. The van der Waals surface area contributed by atoms with E-state index in [2.05, 4.69) is 48.0 Å². The molecule has 100 valence electrons. The topological polar surface area (TPSA) is 21.3 Å². The summed E-state index contributed by atoms with van der Waals surface area (Å²) in [5, 5.41) is 3.15. The molecule has 0 saturated carbocycles. The second-order valence-corrected chi connectivity index (χ2v) is 5.19. The Kier molecular flexibility index (Phi) is 5.31. The van der Waals surface area contributed by atoms with E-state index in [1.165, 1.54) is 16.0 Å². The fourth-order valence-electron chi connectivity index (χ4n) is 1.87. The third kappa shape index (κ3) is 4.30. The SMILES string of the molecule is CNCc1cccc(COc2ccc(SC)cc2)c1. The van der Waals surface area contributed by atoms with Crippen LogP contribution in [0.1, 0.15) is 11.1 Å². The lowest BCUT2D eigenvalue weighted by molar-refractivity contribution is 0.306. The molecule has 0 atom stereocenters. The predicted molar refractivity (Wildman–Crippen MR) is 81.8 cm³/mol. The fourth-order valence-corrected chi connectivity index (χ4v) is 2.28. The van der Waals surface area contributed by atoms with Gasteiger partial charge in [-0.25, -0.2) is 0 Å². The molecule has 2 rings (SSSR count). The van der Waals surface area contributed by atoms with E-state index in [9.17, 15) is 0 Å². The number of rotatable bonds is 6. The van der Waals surface area contributed by atoms with Gasteiger partial charge in [0.25, 0.3) is 0 Å². The van der Waals surface area contributed by atoms with Crippen molar-refractivity contribution in [1.82, 2.24) is 5.32 Å². The van der Waals surface area contributed by atoms with Crippen molar-refractivity contribution in [2.75, 3.05) is 13.3 Å². The minimum absolute atomic E-state index is 0.607. The van der Waals surface area contributed by atoms with Gasteiger partial charge in [-0.05, 0) is 48.7 Å². The van der Waals surface area contributed by atoms with Gasteiger partial charge in [0.05, 0.1) is 0 Å². The second kappa shape index (κ2) is 7.22. The van der Waals surface area contributed by atoms with Gasteiger partial charge in [0.15, 0.2) is 0 Å². The maximum absolute atomic E-state index is 5.80. The molecule has 0 heterocycles. The highest BCUT2D eigenvalue weighted by Gasteiger charge is 1.98. The molecule has 0 bridgehead atoms. The Labute approximate surface area is 119 Å². The van der Waals surface area contributed by atoms with Gasteiger partial charge in [-0.15, -0.1) is 11.8 Å². The maximum Gasteiger partial charge on any atom is 0.119 e. The molecule has 0 fully saturated rings. The molecular formula is C16H19NOS. The van der Waals surface area contributed by atoms with Gasteiger partial charge in [0, 0.05) is 11.4 Å². The smallest absolute Gasteiger partial charge is 0.119 e. The molecule has 0 aliphatic rings. The van der Waals surface area contributed by atoms with Gasteiger partial charge >= 0.3 is 0 Å². The second-order valence-electron chi connectivity index (χ2n) is 4.31. The molecule has 1 N–H and O–H groups in total. The number of thioether (sulfide) groups is 1. The van der Waals surface area contributed by atoms with Gasteiger partial charge in [0.1, 0.15) is 12.4 Å². The quantitative estimate of drug-likeness (QED) is 0.811. The minimum Gasteiger partial charge on any atom is -0.489 e. The maximum atomic E-state index is 5.80. The largest absolute Gasteiger partial charge is 0.489 e. The molecule has 0 aliphatic heterocycles. The summed E-state index contributed by atoms with van der Waals surface area (Å²) in [6.45, 7) is 1.49. The molecule has 0 unspecified atom stereocenters. The Morgan fingerprint density at radius 1 is 1.05 bits per heavy atom. The minimum atomic E-state index is 0.607. The van der Waals surface area contributed by atoms with Crippen LogP contribution < -0.4 is 10.1 Å². The Morgan fingerprint density at radius 2 is 1.79 bits per heavy atom. The van der Waals surface area contributed by atoms with E-state index in [0.29, 0.717) is 6.61 Å². The van der Waals surface area contributed by atoms with Crippen LogP contribution in [-0.2, 0) is 13.2 Å². The number of nitrogens with one attached hydrogen (secondary N) is 1. The molecule has 0 saturated heterocycles. The summed E-state index contributed by atoms with van der Waals surface area (Å²) < 4.78 is 5.80. The highest BCUT2D eigenvalue weighted by atomic mass is 32.2. The first-order chi connectivity index (χ1) is 9.31. The van der Waals surface area contributed by atoms with Crippen molar-refractivity contribution in [2.45, 2.75) is 18.0 Å². The van der Waals surface area contributed by atoms with Crippen molar-refractivity contribution in [2.24, 2.45) is 0 Å². The van der Waals surface area contributed by atoms with E-state index >= 15 is 0 Å². The predicted octanol–water partition coefficient (Wildman–Crippen LogP) is 3.71. The molecule has 2 nitrogen and oxygen atoms in total. The Balaban J connectivity index is 1.95. The number of benzene rings is 2. The molecule has 2 aromatic rings. The summed E-state index contributed by atoms with van der Waals surface area (Å²) in [4.78, 5) is 1.25. The van der Waals surface area contributed by atoms with Gasteiger partial charge in [0.2, 0.25) is 0 Å². The Hall–Kier alpha value is -1.45. The summed E-state index contributed by atoms with van der Waals surface area (Å²) in [7, 11) is 1.95. The monoisotopic (exact) mass is 273 g/mol. The van der Waals surface area contributed by atoms with Crippen LogP contribution in [0.15, 0.2) is 53.4 Å². The molecule has 0 amide bonds. The first-order valence-electron chi connectivity index (χ1n) is 6.31. The van der Waals surface area contributed by atoms with Crippen LogP contribution >= 0.6 is 11.8 Å². The summed E-state index contributed by atoms with van der Waals surface area (Å²) in [6.07, 6.45) is 2.07. The molecule has 2 aromatic carbocycles. The van der Waals surface area contributed by atoms with Crippen molar-refractivity contribution in [3.05, 3.63) is 59.7 Å². The number of hydrogen-bond acceptors (Lipinski definition) is 3. The van der Waals surface area contributed by atoms with Crippen molar-refractivity contribution in [1.29, 1.82) is 0 Å². The zero-order chi connectivity index (χ0) is 13.5. The van der Waals surface area contributed by atoms with Crippen LogP contribution in [0.2, 0.25) is 0 Å². The van der Waals surface area contributed by atoms with E-state index < -0.39 is 0 Å². The standard InChI is InChI=1S/C16H19NOS/c1-17-11-13-4-3-5-14(10-13)12-18-15-6-8-16(19-2)9-7-15/h3-10,17H,11-12H2,1-2H3. The molecular weight excluding hydrogens is 254 g/mol. The van der Waals surface area contributed by atoms with E-state index in [0.717, 1.165) is 12.3 Å². The van der Waals surface area contributed by atoms with E-state index in [4.69, 9.17) is 4.74 Å². The van der Waals surface area contributed by atoms with Gasteiger partial charge < -0.3 is 10.1 Å². The third-order valence-electron chi connectivity index (χ3n) is 2.84. The summed E-state index contributed by atoms with van der Waals surface area (Å²) in [5.74, 6) is 0.914. The normalized spacial score (nSPS) is 10.4. The highest BCUT2D eigenvalue weighted by Crippen LogP contribution is 2.20. The zero-order valence-electron chi connectivity index (χ0n) is 11.3. The van der Waals surface area contributed by atoms with E-state index in [1.54, 1.807) is 11.8 Å². The molecule has 0 aromatic heterocycles. The van der Waals surface area contributed by atoms with Crippen LogP contribution in [0.3, 0.4) is 0 Å². The van der Waals surface area contributed by atoms with Crippen LogP contribution in [0.5, 0.6) is 5.75 Å². The summed E-state index contributed by atoms with van der Waals surface area (Å²) >= 11 is 1.74. The van der Waals surface area contributed by atoms with Gasteiger partial charge in [-0.3, -0.25) is 0 Å². The van der Waals surface area contributed by atoms with Gasteiger partial charge in [-0.1, -0.05) is 24.3 Å². The first kappa shape index (κ1) is 14.0. The fraction of sp³-hybridized carbons (Fsp3) is 0.250. The van der Waals surface area contributed by atoms with Crippen molar-refractivity contribution in [3.63, 3.8) is 0 Å². The Bertz CT molecular complexity index is 510. The molecule has 0 spiro atoms. The van der Waals surface area contributed by atoms with Crippen LogP contribution in [-0.4, -0.2) is 13.3 Å². The van der Waals surface area contributed by atoms with E-state index in [-0.39, 0.29) is 0 Å². The number of hydrogen-bond donors (Lipinski definition) is 1. The lowest BCUT2D eigenvalue weighted by Crippen LogP contribution is -2.05. The van der Waals surface area contributed by atoms with E-state index in [1.807, 2.05) is 19.2 Å². The molecule has 3 heteroatoms. The molecule has 19 heavy (non-hydrogen) atoms. The van der Waals surface area contributed by atoms with Crippen LogP contribution in [0.4, 0.5) is 0 Å². The van der Waals surface area contributed by atoms with Crippen molar-refractivity contribution in [3.8, 4) is 5.75 Å². The molecule has 0 aliphatic carbocycles. The first-order valence-corrected chi connectivity index (χ1v) is 7.53. The van der Waals surface area contributed by atoms with Crippen LogP contribution in [0, 0.1) is 0 Å². The average Bonchev–Trinajstić information content (AvgIpc) is 2.46. The average molecular weight is 273 g/mol. The van der Waals surface area contributed by atoms with Crippen molar-refractivity contribution >= 4 is 11.8 Å². The highest BCUT2D eigenvalue weighted by molar-refractivity contribution is 7.98. The lowest BCUT2D eigenvalue weighted by atomic mass is 10.1.